The van der Waals surface area contributed by atoms with E-state index in [2.05, 4.69) is 27.7 Å². The van der Waals surface area contributed by atoms with E-state index < -0.39 is 0 Å². The Bertz CT molecular complexity index is 479. The van der Waals surface area contributed by atoms with E-state index in [4.69, 9.17) is 0 Å². The maximum atomic E-state index is 10.7. The van der Waals surface area contributed by atoms with Crippen molar-refractivity contribution in [3.63, 3.8) is 0 Å². The summed E-state index contributed by atoms with van der Waals surface area (Å²) in [6, 6.07) is 14.1. The van der Waals surface area contributed by atoms with Gasteiger partial charge in [0.1, 0.15) is 0 Å². The van der Waals surface area contributed by atoms with Gasteiger partial charge in [-0.3, -0.25) is 0 Å². The van der Waals surface area contributed by atoms with E-state index in [9.17, 15) is 10.2 Å². The summed E-state index contributed by atoms with van der Waals surface area (Å²) in [6.45, 7) is 8.69. The van der Waals surface area contributed by atoms with E-state index in [1.54, 1.807) is 24.3 Å². The Kier molecular flexibility index (Phi) is 11.0. The molecule has 3 heteroatoms. The van der Waals surface area contributed by atoms with E-state index in [1.807, 2.05) is 24.3 Å². The maximum Gasteiger partial charge on any atom is 2.00 e. The van der Waals surface area contributed by atoms with Crippen LogP contribution in [0.15, 0.2) is 48.5 Å². The van der Waals surface area contributed by atoms with E-state index in [0.717, 1.165) is 12.8 Å². The molecule has 2 aromatic rings. The predicted molar refractivity (Wildman–Crippen MR) is 88.9 cm³/mol. The molecule has 0 radical (unpaired) electrons. The smallest absolute Gasteiger partial charge is 0.872 e. The molecule has 0 spiro atoms. The molecule has 23 heavy (non-hydrogen) atoms. The quantitative estimate of drug-likeness (QED) is 0.717. The molecule has 0 saturated carbocycles. The fourth-order valence-corrected chi connectivity index (χ4v) is 2.19. The van der Waals surface area contributed by atoms with Gasteiger partial charge in [-0.05, 0) is 35.8 Å². The normalized spacial score (nSPS) is 10.0. The summed E-state index contributed by atoms with van der Waals surface area (Å²) in [7, 11) is 0. The van der Waals surface area contributed by atoms with E-state index in [-0.39, 0.29) is 38.8 Å². The molecule has 0 aliphatic heterocycles. The summed E-state index contributed by atoms with van der Waals surface area (Å²) >= 11 is 0. The summed E-state index contributed by atoms with van der Waals surface area (Å²) in [5.41, 5.74) is 2.50. The number of rotatable bonds is 4. The molecule has 0 amide bonds. The molecule has 0 unspecified atom stereocenters. The minimum atomic E-state index is 0. The average Bonchev–Trinajstić information content (AvgIpc) is 2.44. The van der Waals surface area contributed by atoms with Crippen LogP contribution >= 0.6 is 0 Å². The van der Waals surface area contributed by atoms with Crippen LogP contribution in [0.2, 0.25) is 0 Å². The van der Waals surface area contributed by atoms with Crippen molar-refractivity contribution >= 4 is 0 Å². The van der Waals surface area contributed by atoms with Gasteiger partial charge in [0.25, 0.3) is 0 Å². The fraction of sp³-hybridized carbons (Fsp3) is 0.400. The van der Waals surface area contributed by atoms with Crippen molar-refractivity contribution < 1.29 is 37.5 Å². The standard InChI is InChI=1S/2C10H14O.Cd/c2*1-8(2)7-9-3-5-10(11)6-4-9;/h2*3-6,8,11H,7H2,1-2H3;/q;;+2/p-2. The Labute approximate surface area is 160 Å². The van der Waals surface area contributed by atoms with Crippen LogP contribution in [0.4, 0.5) is 0 Å². The molecule has 2 aromatic carbocycles. The molecule has 0 aliphatic carbocycles. The minimum Gasteiger partial charge on any atom is -0.872 e. The average molecular weight is 411 g/mol. The van der Waals surface area contributed by atoms with Crippen LogP contribution in [0.3, 0.4) is 0 Å². The summed E-state index contributed by atoms with van der Waals surface area (Å²) in [4.78, 5) is 0. The SMILES string of the molecule is CC(C)Cc1ccc([O-])cc1.CC(C)Cc1ccc([O-])cc1.[Cd+2]. The topological polar surface area (TPSA) is 46.1 Å². The molecule has 0 atom stereocenters. The molecule has 2 rings (SSSR count). The van der Waals surface area contributed by atoms with Crippen molar-refractivity contribution in [2.75, 3.05) is 0 Å². The monoisotopic (exact) mass is 412 g/mol. The van der Waals surface area contributed by atoms with Crippen molar-refractivity contribution in [3.8, 4) is 11.5 Å². The van der Waals surface area contributed by atoms with Crippen molar-refractivity contribution in [2.24, 2.45) is 11.8 Å². The van der Waals surface area contributed by atoms with Gasteiger partial charge in [-0.25, -0.2) is 0 Å². The Morgan fingerprint density at radius 2 is 0.870 bits per heavy atom. The van der Waals surface area contributed by atoms with Gasteiger partial charge in [0.05, 0.1) is 0 Å². The molecule has 0 aromatic heterocycles. The van der Waals surface area contributed by atoms with Crippen LogP contribution in [-0.4, -0.2) is 0 Å². The Balaban J connectivity index is 0.000000403. The van der Waals surface area contributed by atoms with E-state index >= 15 is 0 Å². The van der Waals surface area contributed by atoms with E-state index in [1.165, 1.54) is 11.1 Å². The second-order valence-corrected chi connectivity index (χ2v) is 6.48. The van der Waals surface area contributed by atoms with E-state index in [0.29, 0.717) is 11.8 Å². The number of hydrogen-bond acceptors (Lipinski definition) is 2. The first-order chi connectivity index (χ1) is 10.4. The molecular formula is C20H26CdO2. The van der Waals surface area contributed by atoms with Crippen LogP contribution < -0.4 is 10.2 Å². The van der Waals surface area contributed by atoms with Gasteiger partial charge >= 0.3 is 27.3 Å². The zero-order valence-corrected chi connectivity index (χ0v) is 18.7. The zero-order valence-electron chi connectivity index (χ0n) is 14.7. The zero-order chi connectivity index (χ0) is 16.5. The number of benzene rings is 2. The molecule has 0 N–H and O–H groups in total. The van der Waals surface area contributed by atoms with Crippen molar-refractivity contribution in [3.05, 3.63) is 59.7 Å². The van der Waals surface area contributed by atoms with Crippen LogP contribution in [0, 0.1) is 11.8 Å². The predicted octanol–water partition coefficient (Wildman–Crippen LogP) is 3.91. The van der Waals surface area contributed by atoms with Gasteiger partial charge in [0.15, 0.2) is 0 Å². The van der Waals surface area contributed by atoms with Crippen LogP contribution in [0.25, 0.3) is 0 Å². The van der Waals surface area contributed by atoms with Crippen molar-refractivity contribution in [1.82, 2.24) is 0 Å². The van der Waals surface area contributed by atoms with Crippen LogP contribution in [0.5, 0.6) is 11.5 Å². The van der Waals surface area contributed by atoms with Crippen molar-refractivity contribution in [2.45, 2.75) is 40.5 Å². The largest absolute Gasteiger partial charge is 2.00 e. The third kappa shape index (κ3) is 10.4. The Hall–Kier alpha value is -1.04. The number of hydrogen-bond donors (Lipinski definition) is 0. The van der Waals surface area contributed by atoms with Crippen LogP contribution in [-0.2, 0) is 40.1 Å². The van der Waals surface area contributed by atoms with Crippen molar-refractivity contribution in [1.29, 1.82) is 0 Å². The second-order valence-electron chi connectivity index (χ2n) is 6.48. The third-order valence-electron chi connectivity index (χ3n) is 3.13. The first kappa shape index (κ1) is 22.0. The van der Waals surface area contributed by atoms with Crippen LogP contribution in [0.1, 0.15) is 38.8 Å². The first-order valence-corrected chi connectivity index (χ1v) is 7.88. The molecule has 0 bridgehead atoms. The molecule has 0 saturated heterocycles. The molecule has 0 heterocycles. The maximum absolute atomic E-state index is 10.7. The molecular weight excluding hydrogens is 385 g/mol. The fourth-order valence-electron chi connectivity index (χ4n) is 2.19. The molecule has 0 aliphatic rings. The van der Waals surface area contributed by atoms with Gasteiger partial charge in [-0.1, -0.05) is 76.2 Å². The van der Waals surface area contributed by atoms with Gasteiger partial charge in [-0.15, -0.1) is 11.5 Å². The summed E-state index contributed by atoms with van der Waals surface area (Å²) in [6.07, 6.45) is 2.11. The van der Waals surface area contributed by atoms with Gasteiger partial charge in [-0.2, -0.15) is 0 Å². The van der Waals surface area contributed by atoms with Gasteiger partial charge in [0.2, 0.25) is 0 Å². The molecule has 2 nitrogen and oxygen atoms in total. The summed E-state index contributed by atoms with van der Waals surface area (Å²) in [5, 5.41) is 21.4. The van der Waals surface area contributed by atoms with Gasteiger partial charge in [0, 0.05) is 0 Å². The first-order valence-electron chi connectivity index (χ1n) is 7.88. The summed E-state index contributed by atoms with van der Waals surface area (Å²) in [5.74, 6) is 1.51. The van der Waals surface area contributed by atoms with Gasteiger partial charge < -0.3 is 10.2 Å². The minimum absolute atomic E-state index is 0. The summed E-state index contributed by atoms with van der Waals surface area (Å²) < 4.78 is 0. The second kappa shape index (κ2) is 11.5. The molecule has 120 valence electrons. The third-order valence-corrected chi connectivity index (χ3v) is 3.13. The molecule has 0 fully saturated rings. The Morgan fingerprint density at radius 3 is 1.09 bits per heavy atom. The Morgan fingerprint density at radius 1 is 0.609 bits per heavy atom.